The van der Waals surface area contributed by atoms with Gasteiger partial charge in [-0.15, -0.1) is 0 Å². The SMILES string of the molecule is [B]c1c(-c2ccc3c(c2[B])c2ccc(-c4ccccc4)cc2n3-c2cccc(-c3ccccc3)c2)ccc2c1c1ccccc1n2-c1ccc2oc3ccccc3c2c1. The van der Waals surface area contributed by atoms with Crippen molar-refractivity contribution in [3.8, 4) is 44.8 Å². The van der Waals surface area contributed by atoms with E-state index in [0.29, 0.717) is 10.9 Å². The largest absolute Gasteiger partial charge is 0.456 e. The van der Waals surface area contributed by atoms with Crippen LogP contribution >= 0.6 is 0 Å². The molecule has 0 bridgehead atoms. The molecule has 3 heterocycles. The molecule has 3 aromatic heterocycles. The monoisotopic (exact) mass is 746 g/mol. The lowest BCUT2D eigenvalue weighted by molar-refractivity contribution is 0.669. The van der Waals surface area contributed by atoms with Crippen LogP contribution in [0.1, 0.15) is 0 Å². The second-order valence-electron chi connectivity index (χ2n) is 15.3. The van der Waals surface area contributed by atoms with Crippen LogP contribution in [0, 0.1) is 0 Å². The Morgan fingerprint density at radius 2 is 0.864 bits per heavy atom. The summed E-state index contributed by atoms with van der Waals surface area (Å²) >= 11 is 0. The predicted octanol–water partition coefficient (Wildman–Crippen LogP) is 12.4. The molecule has 59 heavy (non-hydrogen) atoms. The van der Waals surface area contributed by atoms with Gasteiger partial charge in [0.1, 0.15) is 26.9 Å². The van der Waals surface area contributed by atoms with Crippen LogP contribution in [-0.4, -0.2) is 24.8 Å². The minimum atomic E-state index is 0.698. The van der Waals surface area contributed by atoms with Crippen LogP contribution in [0.25, 0.3) is 110 Å². The molecule has 0 fully saturated rings. The van der Waals surface area contributed by atoms with Crippen LogP contribution in [0.2, 0.25) is 0 Å². The number of para-hydroxylation sites is 2. The molecule has 0 saturated heterocycles. The van der Waals surface area contributed by atoms with Crippen LogP contribution in [0.4, 0.5) is 0 Å². The summed E-state index contributed by atoms with van der Waals surface area (Å²) in [6, 6.07) is 68.3. The van der Waals surface area contributed by atoms with E-state index in [1.54, 1.807) is 0 Å². The molecule has 0 N–H and O–H groups in total. The Hall–Kier alpha value is -7.49. The van der Waals surface area contributed by atoms with E-state index < -0.39 is 0 Å². The molecule has 5 heteroatoms. The smallest absolute Gasteiger partial charge is 0.135 e. The van der Waals surface area contributed by atoms with Crippen LogP contribution in [-0.2, 0) is 0 Å². The lowest BCUT2D eigenvalue weighted by Crippen LogP contribution is -2.15. The lowest BCUT2D eigenvalue weighted by Gasteiger charge is -2.15. The van der Waals surface area contributed by atoms with Gasteiger partial charge in [0.2, 0.25) is 0 Å². The Balaban J connectivity index is 1.08. The standard InChI is InChI=1S/C54H32B2N2O/c55-53-40(25-27-46-51(53)42-19-7-9-20-45(42)57(46)38-23-29-50-44(32-38)39-18-8-10-21-49(39)59-50)41-26-28-47-52(54(41)56)43-24-22-36(34-14-5-2-6-15-34)31-48(43)58(47)37-17-11-16-35(30-37)33-12-3-1-4-13-33/h1-32H. The minimum Gasteiger partial charge on any atom is -0.456 e. The van der Waals surface area contributed by atoms with Crippen molar-refractivity contribution < 1.29 is 4.42 Å². The molecular formula is C54H32B2N2O. The highest BCUT2D eigenvalue weighted by Gasteiger charge is 2.21. The molecule has 0 amide bonds. The van der Waals surface area contributed by atoms with Gasteiger partial charge in [0.15, 0.2) is 0 Å². The first kappa shape index (κ1) is 33.6. The summed E-state index contributed by atoms with van der Waals surface area (Å²) in [5.74, 6) is 0. The third-order valence-electron chi connectivity index (χ3n) is 12.1. The molecule has 0 saturated carbocycles. The van der Waals surface area contributed by atoms with Gasteiger partial charge in [-0.2, -0.15) is 0 Å². The average molecular weight is 746 g/mol. The van der Waals surface area contributed by atoms with Crippen LogP contribution < -0.4 is 10.9 Å². The maximum absolute atomic E-state index is 7.41. The van der Waals surface area contributed by atoms with Crippen molar-refractivity contribution in [3.05, 3.63) is 194 Å². The Labute approximate surface area is 343 Å². The molecule has 0 aliphatic carbocycles. The van der Waals surface area contributed by atoms with Gasteiger partial charge < -0.3 is 13.6 Å². The first-order chi connectivity index (χ1) is 29.1. The van der Waals surface area contributed by atoms with E-state index in [9.17, 15) is 0 Å². The molecule has 12 rings (SSSR count). The summed E-state index contributed by atoms with van der Waals surface area (Å²) in [4.78, 5) is 0. The fourth-order valence-electron chi connectivity index (χ4n) is 9.37. The number of hydrogen-bond acceptors (Lipinski definition) is 1. The molecule has 0 aliphatic heterocycles. The minimum absolute atomic E-state index is 0.698. The van der Waals surface area contributed by atoms with Crippen molar-refractivity contribution in [1.29, 1.82) is 0 Å². The molecule has 12 aromatic rings. The van der Waals surface area contributed by atoms with Gasteiger partial charge in [0.25, 0.3) is 0 Å². The highest BCUT2D eigenvalue weighted by Crippen LogP contribution is 2.39. The molecule has 3 nitrogen and oxygen atoms in total. The molecule has 9 aromatic carbocycles. The van der Waals surface area contributed by atoms with E-state index in [-0.39, 0.29) is 0 Å². The van der Waals surface area contributed by atoms with Gasteiger partial charge in [-0.25, -0.2) is 0 Å². The number of fused-ring (bicyclic) bond motifs is 9. The first-order valence-electron chi connectivity index (χ1n) is 19.9. The van der Waals surface area contributed by atoms with E-state index in [0.717, 1.165) is 105 Å². The van der Waals surface area contributed by atoms with E-state index in [1.807, 2.05) is 12.1 Å². The van der Waals surface area contributed by atoms with Crippen molar-refractivity contribution in [3.63, 3.8) is 0 Å². The fraction of sp³-hybridized carbons (Fsp3) is 0. The van der Waals surface area contributed by atoms with Crippen LogP contribution in [0.15, 0.2) is 199 Å². The van der Waals surface area contributed by atoms with Crippen molar-refractivity contribution in [2.45, 2.75) is 0 Å². The zero-order valence-electron chi connectivity index (χ0n) is 31.9. The maximum Gasteiger partial charge on any atom is 0.135 e. The topological polar surface area (TPSA) is 23.0 Å². The van der Waals surface area contributed by atoms with Crippen LogP contribution in [0.5, 0.6) is 0 Å². The highest BCUT2D eigenvalue weighted by atomic mass is 16.3. The summed E-state index contributed by atoms with van der Waals surface area (Å²) < 4.78 is 10.8. The van der Waals surface area contributed by atoms with Gasteiger partial charge in [-0.1, -0.05) is 144 Å². The number of hydrogen-bond donors (Lipinski definition) is 0. The van der Waals surface area contributed by atoms with Gasteiger partial charge in [0, 0.05) is 43.7 Å². The fourth-order valence-corrected chi connectivity index (χ4v) is 9.37. The zero-order valence-corrected chi connectivity index (χ0v) is 31.9. The third kappa shape index (κ3) is 5.11. The molecule has 4 radical (unpaired) electrons. The number of nitrogens with zero attached hydrogens (tertiary/aromatic N) is 2. The van der Waals surface area contributed by atoms with Crippen molar-refractivity contribution in [2.24, 2.45) is 0 Å². The van der Waals surface area contributed by atoms with Gasteiger partial charge in [-0.05, 0) is 94.0 Å². The van der Waals surface area contributed by atoms with Gasteiger partial charge in [-0.3, -0.25) is 0 Å². The Morgan fingerprint density at radius 1 is 0.322 bits per heavy atom. The second-order valence-corrected chi connectivity index (χ2v) is 15.3. The Morgan fingerprint density at radius 3 is 1.58 bits per heavy atom. The van der Waals surface area contributed by atoms with Crippen LogP contribution in [0.3, 0.4) is 0 Å². The predicted molar refractivity (Wildman–Crippen MR) is 249 cm³/mol. The quantitative estimate of drug-likeness (QED) is 0.161. The van der Waals surface area contributed by atoms with Crippen molar-refractivity contribution in [2.75, 3.05) is 0 Å². The summed E-state index contributed by atoms with van der Waals surface area (Å²) in [5.41, 5.74) is 15.9. The normalized spacial score (nSPS) is 11.9. The van der Waals surface area contributed by atoms with E-state index in [1.165, 1.54) is 5.56 Å². The highest BCUT2D eigenvalue weighted by molar-refractivity contribution is 6.49. The second kappa shape index (κ2) is 13.0. The summed E-state index contributed by atoms with van der Waals surface area (Å²) in [6.07, 6.45) is 0. The Bertz CT molecular complexity index is 3630. The van der Waals surface area contributed by atoms with Gasteiger partial charge in [0.05, 0.1) is 22.1 Å². The van der Waals surface area contributed by atoms with Gasteiger partial charge >= 0.3 is 0 Å². The molecule has 0 aliphatic rings. The average Bonchev–Trinajstić information content (AvgIpc) is 3.95. The van der Waals surface area contributed by atoms with E-state index >= 15 is 0 Å². The summed E-state index contributed by atoms with van der Waals surface area (Å²) in [5, 5.41) is 6.35. The van der Waals surface area contributed by atoms with Crippen molar-refractivity contribution in [1.82, 2.24) is 9.13 Å². The molecular weight excluding hydrogens is 714 g/mol. The number of aromatic nitrogens is 2. The Kier molecular flexibility index (Phi) is 7.42. The molecule has 0 unspecified atom stereocenters. The van der Waals surface area contributed by atoms with E-state index in [4.69, 9.17) is 20.1 Å². The maximum atomic E-state index is 7.41. The molecule has 0 spiro atoms. The lowest BCUT2D eigenvalue weighted by atomic mass is 9.77. The molecule has 0 atom stereocenters. The summed E-state index contributed by atoms with van der Waals surface area (Å²) in [7, 11) is 14.8. The zero-order chi connectivity index (χ0) is 39.2. The number of furan rings is 1. The number of benzene rings is 9. The van der Waals surface area contributed by atoms with Crippen molar-refractivity contribution >= 4 is 92.2 Å². The summed E-state index contributed by atoms with van der Waals surface area (Å²) in [6.45, 7) is 0. The van der Waals surface area contributed by atoms with E-state index in [2.05, 4.69) is 191 Å². The molecule has 270 valence electrons. The first-order valence-corrected chi connectivity index (χ1v) is 19.9. The third-order valence-corrected chi connectivity index (χ3v) is 12.1. The number of rotatable bonds is 5.